The monoisotopic (exact) mass is 316 g/mol. The number of hydrogen-bond donors (Lipinski definition) is 2. The van der Waals surface area contributed by atoms with E-state index < -0.39 is 0 Å². The zero-order chi connectivity index (χ0) is 16.1. The third-order valence-electron chi connectivity index (χ3n) is 3.64. The van der Waals surface area contributed by atoms with E-state index in [1.165, 1.54) is 0 Å². The highest BCUT2D eigenvalue weighted by Gasteiger charge is 2.09. The molecule has 3 nitrogen and oxygen atoms in total. The number of para-hydroxylation sites is 1. The van der Waals surface area contributed by atoms with Gasteiger partial charge < -0.3 is 10.6 Å². The summed E-state index contributed by atoms with van der Waals surface area (Å²) in [7, 11) is 0. The summed E-state index contributed by atoms with van der Waals surface area (Å²) in [4.78, 5) is 12.2. The van der Waals surface area contributed by atoms with Crippen molar-refractivity contribution < 1.29 is 4.79 Å². The second kappa shape index (κ2) is 7.32. The fourth-order valence-corrected chi connectivity index (χ4v) is 2.52. The van der Waals surface area contributed by atoms with Crippen molar-refractivity contribution in [1.29, 1.82) is 0 Å². The molecule has 0 bridgehead atoms. The first-order valence-corrected chi connectivity index (χ1v) is 7.77. The molecular formula is C18H21ClN2O. The second-order valence-corrected chi connectivity index (χ2v) is 5.76. The van der Waals surface area contributed by atoms with Crippen LogP contribution in [0.25, 0.3) is 0 Å². The second-order valence-electron chi connectivity index (χ2n) is 5.32. The predicted octanol–water partition coefficient (Wildman–Crippen LogP) is 4.57. The lowest BCUT2D eigenvalue weighted by atomic mass is 10.1. The van der Waals surface area contributed by atoms with Crippen molar-refractivity contribution in [3.8, 4) is 0 Å². The molecule has 2 aromatic carbocycles. The molecule has 0 unspecified atom stereocenters. The Morgan fingerprint density at radius 3 is 2.64 bits per heavy atom. The SMILES string of the molecule is CCc1cccc(C)c1NC(=O)CNc1cc(Cl)ccc1C. The number of benzene rings is 2. The van der Waals surface area contributed by atoms with Gasteiger partial charge in [0.05, 0.1) is 6.54 Å². The smallest absolute Gasteiger partial charge is 0.243 e. The van der Waals surface area contributed by atoms with Crippen LogP contribution in [0.5, 0.6) is 0 Å². The van der Waals surface area contributed by atoms with E-state index in [9.17, 15) is 4.79 Å². The Labute approximate surface area is 136 Å². The van der Waals surface area contributed by atoms with Gasteiger partial charge in [0.2, 0.25) is 5.91 Å². The molecule has 0 aliphatic rings. The number of halogens is 1. The van der Waals surface area contributed by atoms with Crippen molar-refractivity contribution in [3.63, 3.8) is 0 Å². The van der Waals surface area contributed by atoms with Gasteiger partial charge in [0.25, 0.3) is 0 Å². The zero-order valence-electron chi connectivity index (χ0n) is 13.2. The first-order valence-electron chi connectivity index (χ1n) is 7.39. The van der Waals surface area contributed by atoms with E-state index in [2.05, 4.69) is 17.6 Å². The van der Waals surface area contributed by atoms with Crippen molar-refractivity contribution in [2.45, 2.75) is 27.2 Å². The van der Waals surface area contributed by atoms with Crippen molar-refractivity contribution in [2.75, 3.05) is 17.2 Å². The Morgan fingerprint density at radius 1 is 1.14 bits per heavy atom. The van der Waals surface area contributed by atoms with Gasteiger partial charge in [0.15, 0.2) is 0 Å². The molecule has 0 fully saturated rings. The normalized spacial score (nSPS) is 10.4. The fraction of sp³-hybridized carbons (Fsp3) is 0.278. The van der Waals surface area contributed by atoms with E-state index in [0.29, 0.717) is 5.02 Å². The maximum absolute atomic E-state index is 12.2. The molecular weight excluding hydrogens is 296 g/mol. The van der Waals surface area contributed by atoms with Gasteiger partial charge in [-0.3, -0.25) is 4.79 Å². The van der Waals surface area contributed by atoms with Gasteiger partial charge >= 0.3 is 0 Å². The summed E-state index contributed by atoms with van der Waals surface area (Å²) in [5.74, 6) is -0.0663. The predicted molar refractivity (Wildman–Crippen MR) is 93.9 cm³/mol. The number of hydrogen-bond acceptors (Lipinski definition) is 2. The van der Waals surface area contributed by atoms with Gasteiger partial charge in [-0.2, -0.15) is 0 Å². The Bertz CT molecular complexity index is 683. The van der Waals surface area contributed by atoms with Gasteiger partial charge in [0, 0.05) is 16.4 Å². The third-order valence-corrected chi connectivity index (χ3v) is 3.88. The van der Waals surface area contributed by atoms with Crippen LogP contribution in [-0.2, 0) is 11.2 Å². The molecule has 22 heavy (non-hydrogen) atoms. The lowest BCUT2D eigenvalue weighted by Crippen LogP contribution is -2.23. The molecule has 2 N–H and O–H groups in total. The highest BCUT2D eigenvalue weighted by molar-refractivity contribution is 6.30. The van der Waals surface area contributed by atoms with Gasteiger partial charge in [-0.25, -0.2) is 0 Å². The lowest BCUT2D eigenvalue weighted by molar-refractivity contribution is -0.114. The Kier molecular flexibility index (Phi) is 5.45. The molecule has 0 aliphatic carbocycles. The number of rotatable bonds is 5. The van der Waals surface area contributed by atoms with Gasteiger partial charge in [-0.1, -0.05) is 42.8 Å². The standard InChI is InChI=1S/C18H21ClN2O/c1-4-14-7-5-6-13(3)18(14)21-17(22)11-20-16-10-15(19)9-8-12(16)2/h5-10,20H,4,11H2,1-3H3,(H,21,22). The molecule has 0 atom stereocenters. The Hall–Kier alpha value is -2.00. The highest BCUT2D eigenvalue weighted by atomic mass is 35.5. The molecule has 0 aliphatic heterocycles. The molecule has 4 heteroatoms. The Morgan fingerprint density at radius 2 is 1.91 bits per heavy atom. The van der Waals surface area contributed by atoms with E-state index in [4.69, 9.17) is 11.6 Å². The topological polar surface area (TPSA) is 41.1 Å². The van der Waals surface area contributed by atoms with Crippen molar-refractivity contribution in [1.82, 2.24) is 0 Å². The van der Waals surface area contributed by atoms with E-state index in [0.717, 1.165) is 34.5 Å². The summed E-state index contributed by atoms with van der Waals surface area (Å²) in [6.07, 6.45) is 0.887. The molecule has 0 radical (unpaired) electrons. The number of anilines is 2. The minimum Gasteiger partial charge on any atom is -0.376 e. The van der Waals surface area contributed by atoms with Gasteiger partial charge in [0.1, 0.15) is 0 Å². The van der Waals surface area contributed by atoms with Crippen LogP contribution < -0.4 is 10.6 Å². The highest BCUT2D eigenvalue weighted by Crippen LogP contribution is 2.22. The lowest BCUT2D eigenvalue weighted by Gasteiger charge is -2.14. The molecule has 0 aromatic heterocycles. The summed E-state index contributed by atoms with van der Waals surface area (Å²) < 4.78 is 0. The molecule has 2 rings (SSSR count). The number of aryl methyl sites for hydroxylation is 3. The number of amides is 1. The molecule has 0 spiro atoms. The number of carbonyl (C=O) groups is 1. The zero-order valence-corrected chi connectivity index (χ0v) is 13.9. The quantitative estimate of drug-likeness (QED) is 0.848. The molecule has 0 saturated carbocycles. The van der Waals surface area contributed by atoms with E-state index in [1.54, 1.807) is 0 Å². The molecule has 116 valence electrons. The summed E-state index contributed by atoms with van der Waals surface area (Å²) in [5.41, 5.74) is 5.07. The fourth-order valence-electron chi connectivity index (χ4n) is 2.35. The van der Waals surface area contributed by atoms with Crippen LogP contribution in [0.15, 0.2) is 36.4 Å². The minimum absolute atomic E-state index is 0.0663. The average Bonchev–Trinajstić information content (AvgIpc) is 2.50. The largest absolute Gasteiger partial charge is 0.376 e. The van der Waals surface area contributed by atoms with Crippen LogP contribution in [0, 0.1) is 13.8 Å². The van der Waals surface area contributed by atoms with Gasteiger partial charge in [-0.15, -0.1) is 0 Å². The third kappa shape index (κ3) is 4.01. The van der Waals surface area contributed by atoms with E-state index in [1.807, 2.05) is 50.2 Å². The maximum Gasteiger partial charge on any atom is 0.243 e. The first kappa shape index (κ1) is 16.4. The summed E-state index contributed by atoms with van der Waals surface area (Å²) in [6.45, 7) is 6.27. The van der Waals surface area contributed by atoms with E-state index >= 15 is 0 Å². The summed E-state index contributed by atoms with van der Waals surface area (Å²) in [6, 6.07) is 11.6. The minimum atomic E-state index is -0.0663. The van der Waals surface area contributed by atoms with E-state index in [-0.39, 0.29) is 12.5 Å². The average molecular weight is 317 g/mol. The van der Waals surface area contributed by atoms with Crippen LogP contribution in [-0.4, -0.2) is 12.5 Å². The first-order chi connectivity index (χ1) is 10.5. The van der Waals surface area contributed by atoms with Gasteiger partial charge in [-0.05, 0) is 49.1 Å². The van der Waals surface area contributed by atoms with Crippen LogP contribution in [0.2, 0.25) is 5.02 Å². The summed E-state index contributed by atoms with van der Waals surface area (Å²) >= 11 is 5.98. The molecule has 2 aromatic rings. The number of carbonyl (C=O) groups excluding carboxylic acids is 1. The maximum atomic E-state index is 12.2. The van der Waals surface area contributed by atoms with Crippen molar-refractivity contribution in [3.05, 3.63) is 58.1 Å². The summed E-state index contributed by atoms with van der Waals surface area (Å²) in [5, 5.41) is 6.79. The van der Waals surface area contributed by atoms with Crippen molar-refractivity contribution >= 4 is 28.9 Å². The molecule has 0 saturated heterocycles. The van der Waals surface area contributed by atoms with Crippen molar-refractivity contribution in [2.24, 2.45) is 0 Å². The van der Waals surface area contributed by atoms with Crippen LogP contribution in [0.3, 0.4) is 0 Å². The number of nitrogens with one attached hydrogen (secondary N) is 2. The molecule has 0 heterocycles. The Balaban J connectivity index is 2.03. The van der Waals surface area contributed by atoms with Crippen LogP contribution in [0.4, 0.5) is 11.4 Å². The molecule has 1 amide bonds. The van der Waals surface area contributed by atoms with Crippen LogP contribution >= 0.6 is 11.6 Å². The van der Waals surface area contributed by atoms with Crippen LogP contribution in [0.1, 0.15) is 23.6 Å².